The van der Waals surface area contributed by atoms with Crippen LogP contribution in [-0.2, 0) is 31.4 Å². The molecule has 0 aromatic heterocycles. The van der Waals surface area contributed by atoms with E-state index >= 15 is 0 Å². The summed E-state index contributed by atoms with van der Waals surface area (Å²) in [6, 6.07) is 11.9. The number of nitrogens with zero attached hydrogens (tertiary/aromatic N) is 2. The highest BCUT2D eigenvalue weighted by atomic mass is 35.5. The quantitative estimate of drug-likeness (QED) is 0.271. The molecule has 0 N–H and O–H groups in total. The molecule has 4 aliphatic rings. The number of fused-ring (bicyclic) bond motifs is 4. The third kappa shape index (κ3) is 5.33. The smallest absolute Gasteiger partial charge is 0.254 e. The lowest BCUT2D eigenvalue weighted by atomic mass is 9.68. The Bertz CT molecular complexity index is 1400. The van der Waals surface area contributed by atoms with E-state index in [2.05, 4.69) is 33.5 Å². The van der Waals surface area contributed by atoms with Gasteiger partial charge in [-0.15, -0.1) is 0 Å². The van der Waals surface area contributed by atoms with E-state index in [9.17, 15) is 9.00 Å². The van der Waals surface area contributed by atoms with Crippen molar-refractivity contribution in [3.05, 3.63) is 70.3 Å². The first-order valence-corrected chi connectivity index (χ1v) is 16.1. The monoisotopic (exact) mass is 581 g/mol. The normalized spacial score (nSPS) is 31.7. The topological polar surface area (TPSA) is 68.2 Å². The van der Waals surface area contributed by atoms with Crippen LogP contribution in [0, 0.1) is 11.8 Å². The summed E-state index contributed by atoms with van der Waals surface area (Å²) in [5.74, 6) is 1.24. The summed E-state index contributed by atoms with van der Waals surface area (Å²) in [4.78, 5) is 15.6. The molecule has 2 heterocycles. The number of amides is 1. The maximum atomic E-state index is 13.2. The van der Waals surface area contributed by atoms with E-state index in [0.29, 0.717) is 30.4 Å². The molecule has 0 unspecified atom stereocenters. The zero-order chi connectivity index (χ0) is 27.9. The van der Waals surface area contributed by atoms with E-state index in [4.69, 9.17) is 21.1 Å². The summed E-state index contributed by atoms with van der Waals surface area (Å²) < 4.78 is 29.5. The van der Waals surface area contributed by atoms with Crippen molar-refractivity contribution in [1.82, 2.24) is 0 Å². The molecule has 1 saturated carbocycles. The van der Waals surface area contributed by atoms with Gasteiger partial charge >= 0.3 is 0 Å². The molecule has 0 saturated heterocycles. The largest absolute Gasteiger partial charge is 0.490 e. The van der Waals surface area contributed by atoms with Crippen LogP contribution in [0.25, 0.3) is 0 Å². The molecule has 0 radical (unpaired) electrons. The van der Waals surface area contributed by atoms with E-state index < -0.39 is 16.5 Å². The Morgan fingerprint density at radius 2 is 2.05 bits per heavy atom. The summed E-state index contributed by atoms with van der Waals surface area (Å²) >= 11 is 6.40. The number of aryl methyl sites for hydroxylation is 1. The molecule has 1 fully saturated rings. The van der Waals surface area contributed by atoms with Crippen LogP contribution in [0.1, 0.15) is 66.9 Å². The fourth-order valence-corrected chi connectivity index (χ4v) is 8.05. The SMILES string of the molecule is CO[C@H]1/C=C/CC[C@@H](C)[S-](=O)=NC(=O)c2ccc3c(c2)N(C[C@@H]2CC[C@H]21)C[C@@]1(CCCc2cc(Cl)ccc21)CO3. The lowest BCUT2D eigenvalue weighted by molar-refractivity contribution is 0.0132. The van der Waals surface area contributed by atoms with E-state index in [1.165, 1.54) is 11.1 Å². The minimum Gasteiger partial charge on any atom is -0.490 e. The van der Waals surface area contributed by atoms with Crippen LogP contribution in [0.2, 0.25) is 5.02 Å². The van der Waals surface area contributed by atoms with E-state index in [-0.39, 0.29) is 16.8 Å². The molecule has 2 aromatic rings. The molecule has 2 aliphatic carbocycles. The van der Waals surface area contributed by atoms with Crippen molar-refractivity contribution in [1.29, 1.82) is 0 Å². The third-order valence-corrected chi connectivity index (χ3v) is 11.0. The molecule has 8 heteroatoms. The molecule has 5 atom stereocenters. The number of carbonyl (C=O) groups is 1. The van der Waals surface area contributed by atoms with Crippen LogP contribution >= 0.6 is 11.6 Å². The number of anilines is 1. The van der Waals surface area contributed by atoms with Crippen LogP contribution in [0.4, 0.5) is 5.69 Å². The highest BCUT2D eigenvalue weighted by molar-refractivity contribution is 7.75. The maximum Gasteiger partial charge on any atom is 0.254 e. The molecule has 6 rings (SSSR count). The van der Waals surface area contributed by atoms with Crippen molar-refractivity contribution < 1.29 is 18.5 Å². The first-order chi connectivity index (χ1) is 19.4. The number of halogens is 1. The van der Waals surface area contributed by atoms with Crippen molar-refractivity contribution >= 4 is 33.8 Å². The number of benzene rings is 2. The first-order valence-electron chi connectivity index (χ1n) is 14.5. The van der Waals surface area contributed by atoms with E-state index in [1.54, 1.807) is 13.2 Å². The number of carbonyl (C=O) groups excluding carboxylic acids is 1. The zero-order valence-corrected chi connectivity index (χ0v) is 24.9. The lowest BCUT2D eigenvalue weighted by Crippen LogP contribution is -2.49. The highest BCUT2D eigenvalue weighted by Gasteiger charge is 2.44. The van der Waals surface area contributed by atoms with Crippen molar-refractivity contribution in [3.63, 3.8) is 0 Å². The Hall–Kier alpha value is -2.35. The number of hydrogen-bond acceptors (Lipinski definition) is 6. The van der Waals surface area contributed by atoms with Gasteiger partial charge in [0.05, 0.1) is 18.4 Å². The first kappa shape index (κ1) is 27.8. The van der Waals surface area contributed by atoms with Gasteiger partial charge in [-0.2, -0.15) is 10.6 Å². The predicted molar refractivity (Wildman–Crippen MR) is 160 cm³/mol. The molecule has 2 bridgehead atoms. The minimum atomic E-state index is -1.60. The van der Waals surface area contributed by atoms with Crippen molar-refractivity contribution in [2.45, 2.75) is 68.6 Å². The molecular formula is C32H38ClN2O4S-. The third-order valence-electron chi connectivity index (χ3n) is 9.49. The number of methoxy groups -OCH3 is 1. The van der Waals surface area contributed by atoms with Gasteiger partial charge in [-0.05, 0) is 91.8 Å². The minimum absolute atomic E-state index is 0.0549. The van der Waals surface area contributed by atoms with Gasteiger partial charge in [0, 0.05) is 36.2 Å². The summed E-state index contributed by atoms with van der Waals surface area (Å²) in [5.41, 5.74) is 3.82. The van der Waals surface area contributed by atoms with Crippen LogP contribution in [0.5, 0.6) is 5.75 Å². The molecule has 214 valence electrons. The molecule has 1 amide bonds. The molecule has 40 heavy (non-hydrogen) atoms. The van der Waals surface area contributed by atoms with Gasteiger partial charge in [-0.25, -0.2) is 0 Å². The van der Waals surface area contributed by atoms with E-state index in [0.717, 1.165) is 68.1 Å². The van der Waals surface area contributed by atoms with Crippen molar-refractivity contribution in [2.24, 2.45) is 16.2 Å². The number of hydrogen-bond donors (Lipinski definition) is 0. The Morgan fingerprint density at radius 3 is 2.85 bits per heavy atom. The Balaban J connectivity index is 1.43. The van der Waals surface area contributed by atoms with Crippen LogP contribution < -0.4 is 9.64 Å². The predicted octanol–water partition coefficient (Wildman–Crippen LogP) is 6.88. The van der Waals surface area contributed by atoms with Gasteiger partial charge in [0.1, 0.15) is 5.75 Å². The number of ether oxygens (including phenoxy) is 2. The Morgan fingerprint density at radius 1 is 1.18 bits per heavy atom. The van der Waals surface area contributed by atoms with Gasteiger partial charge in [-0.1, -0.05) is 48.4 Å². The number of allylic oxidation sites excluding steroid dienone is 1. The molecule has 2 aliphatic heterocycles. The molecule has 2 aromatic carbocycles. The van der Waals surface area contributed by atoms with Crippen LogP contribution in [0.3, 0.4) is 0 Å². The van der Waals surface area contributed by atoms with Gasteiger partial charge in [0.2, 0.25) is 0 Å². The summed E-state index contributed by atoms with van der Waals surface area (Å²) in [6.07, 6.45) is 11.3. The molecule has 6 nitrogen and oxygen atoms in total. The Kier molecular flexibility index (Phi) is 7.99. The molecule has 1 spiro atoms. The van der Waals surface area contributed by atoms with Gasteiger partial charge in [-0.3, -0.25) is 4.79 Å². The van der Waals surface area contributed by atoms with Crippen molar-refractivity contribution in [3.8, 4) is 5.75 Å². The van der Waals surface area contributed by atoms with Crippen LogP contribution in [0.15, 0.2) is 52.9 Å². The maximum absolute atomic E-state index is 13.2. The molecular weight excluding hydrogens is 544 g/mol. The van der Waals surface area contributed by atoms with Crippen molar-refractivity contribution in [2.75, 3.05) is 31.7 Å². The fraction of sp³-hybridized carbons (Fsp3) is 0.531. The fourth-order valence-electron chi connectivity index (χ4n) is 7.07. The number of rotatable bonds is 1. The summed E-state index contributed by atoms with van der Waals surface area (Å²) in [5, 5.41) is 0.563. The van der Waals surface area contributed by atoms with Gasteiger partial charge in [0.25, 0.3) is 5.91 Å². The van der Waals surface area contributed by atoms with E-state index in [1.807, 2.05) is 25.1 Å². The average molecular weight is 582 g/mol. The standard InChI is InChI=1S/C32H38ClN2O4S/c1-21-6-3-4-8-29(38-2)26-12-9-24(26)18-35-19-32(15-5-7-22-16-25(33)11-13-27(22)32)20-39-30-14-10-23(17-28(30)35)31(36)34-40(21)37/h4,8,10-11,13-14,16-17,21,24,26,29H,3,5-7,9,12,15,18-20H2,1-2H3/q-1/b8-4+/t21-,24+,26-,29+,32+/m1/s1. The zero-order valence-electron chi connectivity index (χ0n) is 23.3. The summed E-state index contributed by atoms with van der Waals surface area (Å²) in [6.45, 7) is 4.11. The lowest BCUT2D eigenvalue weighted by Gasteiger charge is -2.46. The second-order valence-corrected chi connectivity index (χ2v) is 14.0. The second-order valence-electron chi connectivity index (χ2n) is 12.0. The Labute approximate surface area is 244 Å². The van der Waals surface area contributed by atoms with Gasteiger partial charge < -0.3 is 22.9 Å². The van der Waals surface area contributed by atoms with Gasteiger partial charge in [0.15, 0.2) is 0 Å². The second kappa shape index (κ2) is 11.5. The van der Waals surface area contributed by atoms with Crippen LogP contribution in [-0.4, -0.2) is 44.1 Å². The summed E-state index contributed by atoms with van der Waals surface area (Å²) in [7, 11) is 0.201. The highest BCUT2D eigenvalue weighted by Crippen LogP contribution is 2.47. The average Bonchev–Trinajstić information content (AvgIpc) is 3.08.